The minimum absolute atomic E-state index is 0.503. The molecular weight excluding hydrogens is 829 g/mol. The smallest absolute Gasteiger partial charge is 0.373 e. The first kappa shape index (κ1) is 63.0. The van der Waals surface area contributed by atoms with Gasteiger partial charge in [-0.05, 0) is 56.8 Å². The van der Waals surface area contributed by atoms with E-state index in [1.54, 1.807) is 0 Å². The van der Waals surface area contributed by atoms with E-state index in [0.717, 1.165) is 57.8 Å². The van der Waals surface area contributed by atoms with Crippen molar-refractivity contribution in [3.05, 3.63) is 35.5 Å². The van der Waals surface area contributed by atoms with E-state index >= 15 is 0 Å². The molecule has 9 heteroatoms. The summed E-state index contributed by atoms with van der Waals surface area (Å²) in [6, 6.07) is 0. The Bertz CT molecular complexity index is 1150. The highest BCUT2D eigenvalue weighted by Crippen LogP contribution is 2.17. The third-order valence-corrected chi connectivity index (χ3v) is 12.6. The number of esters is 3. The van der Waals surface area contributed by atoms with Crippen molar-refractivity contribution in [3.8, 4) is 0 Å². The molecule has 0 heterocycles. The lowest BCUT2D eigenvalue weighted by Crippen LogP contribution is -2.32. The standard InChI is InChI=1S/C57H104O9/c1-4-7-10-13-16-19-22-25-28-31-34-37-40-43-46-52(58)55(61)64-49-51(66-57(63)54(60)48-45-42-39-36-33-30-27-24-21-18-15-12-9-6-3)50-65-56(62)53(59)47-44-41-38-35-32-29-26-23-20-17-14-11-8-5-2/h46-48,51,58-60H,4-45,49-50H2,1-3H3. The third-order valence-electron chi connectivity index (χ3n) is 12.6. The molecule has 66 heavy (non-hydrogen) atoms. The van der Waals surface area contributed by atoms with E-state index in [1.807, 2.05) is 0 Å². The van der Waals surface area contributed by atoms with Gasteiger partial charge in [0, 0.05) is 0 Å². The van der Waals surface area contributed by atoms with Gasteiger partial charge >= 0.3 is 17.9 Å². The number of carbonyl (C=O) groups is 3. The van der Waals surface area contributed by atoms with Crippen LogP contribution in [0.3, 0.4) is 0 Å². The highest BCUT2D eigenvalue weighted by atomic mass is 16.6. The zero-order valence-corrected chi connectivity index (χ0v) is 43.2. The van der Waals surface area contributed by atoms with Gasteiger partial charge in [-0.1, -0.05) is 252 Å². The molecule has 0 aliphatic heterocycles. The minimum atomic E-state index is -1.28. The zero-order valence-electron chi connectivity index (χ0n) is 43.2. The van der Waals surface area contributed by atoms with Crippen LogP contribution in [0.5, 0.6) is 0 Å². The first-order chi connectivity index (χ1) is 32.3. The van der Waals surface area contributed by atoms with Crippen molar-refractivity contribution < 1.29 is 43.9 Å². The largest absolute Gasteiger partial charge is 0.502 e. The highest BCUT2D eigenvalue weighted by molar-refractivity contribution is 5.87. The van der Waals surface area contributed by atoms with E-state index in [4.69, 9.17) is 14.2 Å². The van der Waals surface area contributed by atoms with Crippen molar-refractivity contribution >= 4 is 17.9 Å². The lowest BCUT2D eigenvalue weighted by atomic mass is 10.0. The predicted molar refractivity (Wildman–Crippen MR) is 275 cm³/mol. The fourth-order valence-electron chi connectivity index (χ4n) is 8.27. The molecule has 0 saturated carbocycles. The van der Waals surface area contributed by atoms with Crippen molar-refractivity contribution in [2.45, 2.75) is 297 Å². The molecular formula is C57H104O9. The molecule has 3 N–H and O–H groups in total. The maximum absolute atomic E-state index is 12.9. The number of hydrogen-bond donors (Lipinski definition) is 3. The number of ether oxygens (including phenoxy) is 3. The number of hydrogen-bond acceptors (Lipinski definition) is 9. The highest BCUT2D eigenvalue weighted by Gasteiger charge is 2.23. The Morgan fingerprint density at radius 3 is 0.742 bits per heavy atom. The summed E-state index contributed by atoms with van der Waals surface area (Å²) in [6.07, 6.45) is 52.5. The molecule has 0 aromatic carbocycles. The quantitative estimate of drug-likeness (QED) is 0.0179. The third kappa shape index (κ3) is 43.6. The summed E-state index contributed by atoms with van der Waals surface area (Å²) in [5.74, 6) is -4.65. The molecule has 0 atom stereocenters. The lowest BCUT2D eigenvalue weighted by molar-refractivity contribution is -0.164. The molecule has 0 aromatic rings. The van der Waals surface area contributed by atoms with Gasteiger partial charge in [0.05, 0.1) is 0 Å². The van der Waals surface area contributed by atoms with Gasteiger partial charge in [-0.25, -0.2) is 14.4 Å². The number of carbonyl (C=O) groups excluding carboxylic acids is 3. The van der Waals surface area contributed by atoms with E-state index in [-0.39, 0.29) is 0 Å². The Hall–Kier alpha value is -2.97. The van der Waals surface area contributed by atoms with Gasteiger partial charge in [0.2, 0.25) is 0 Å². The van der Waals surface area contributed by atoms with Crippen LogP contribution in [0.1, 0.15) is 290 Å². The monoisotopic (exact) mass is 933 g/mol. The average Bonchev–Trinajstić information content (AvgIpc) is 3.32. The van der Waals surface area contributed by atoms with Gasteiger partial charge in [-0.2, -0.15) is 0 Å². The van der Waals surface area contributed by atoms with Crippen molar-refractivity contribution in [2.24, 2.45) is 0 Å². The SMILES string of the molecule is CCCCCCCCCCCCCCCC=C(O)C(=O)OCC(COC(=O)C(O)=CCCCCCCCCCCCCCCC)OC(=O)C(O)=CCCCCCCCCCCCCCCC. The molecule has 0 spiro atoms. The van der Waals surface area contributed by atoms with Crippen LogP contribution < -0.4 is 0 Å². The van der Waals surface area contributed by atoms with Crippen molar-refractivity contribution in [2.75, 3.05) is 13.2 Å². The van der Waals surface area contributed by atoms with E-state index in [2.05, 4.69) is 20.8 Å². The number of rotatable bonds is 50. The summed E-state index contributed by atoms with van der Waals surface area (Å²) >= 11 is 0. The molecule has 0 unspecified atom stereocenters. The van der Waals surface area contributed by atoms with Crippen LogP contribution in [0.15, 0.2) is 35.5 Å². The Morgan fingerprint density at radius 2 is 0.515 bits per heavy atom. The maximum atomic E-state index is 12.9. The maximum Gasteiger partial charge on any atom is 0.373 e. The topological polar surface area (TPSA) is 140 Å². The van der Waals surface area contributed by atoms with Crippen LogP contribution in [0.2, 0.25) is 0 Å². The van der Waals surface area contributed by atoms with Crippen LogP contribution >= 0.6 is 0 Å². The normalized spacial score (nSPS) is 12.7. The summed E-state index contributed by atoms with van der Waals surface area (Å²) < 4.78 is 15.9. The predicted octanol–water partition coefficient (Wildman–Crippen LogP) is 17.8. The van der Waals surface area contributed by atoms with E-state index < -0.39 is 54.5 Å². The van der Waals surface area contributed by atoms with Gasteiger partial charge in [-0.15, -0.1) is 0 Å². The molecule has 386 valence electrons. The second kappa shape index (κ2) is 49.9. The van der Waals surface area contributed by atoms with E-state index in [9.17, 15) is 29.7 Å². The zero-order chi connectivity index (χ0) is 48.4. The van der Waals surface area contributed by atoms with Crippen LogP contribution in [0.4, 0.5) is 0 Å². The summed E-state index contributed by atoms with van der Waals surface area (Å²) in [5, 5.41) is 31.2. The Labute approximate surface area is 405 Å². The van der Waals surface area contributed by atoms with Crippen LogP contribution in [0, 0.1) is 0 Å². The Morgan fingerprint density at radius 1 is 0.318 bits per heavy atom. The van der Waals surface area contributed by atoms with Gasteiger partial charge in [0.25, 0.3) is 0 Å². The average molecular weight is 933 g/mol. The van der Waals surface area contributed by atoms with Crippen LogP contribution in [-0.4, -0.2) is 52.5 Å². The molecule has 0 amide bonds. The summed E-state index contributed by atoms with van der Waals surface area (Å²) in [4.78, 5) is 38.2. The molecule has 0 radical (unpaired) electrons. The molecule has 0 saturated heterocycles. The first-order valence-corrected chi connectivity index (χ1v) is 28.0. The number of allylic oxidation sites excluding steroid dienone is 3. The van der Waals surface area contributed by atoms with Crippen molar-refractivity contribution in [1.29, 1.82) is 0 Å². The summed E-state index contributed by atoms with van der Waals surface area (Å²) in [5.41, 5.74) is 0. The summed E-state index contributed by atoms with van der Waals surface area (Å²) in [6.45, 7) is 5.69. The number of aliphatic hydroxyl groups excluding tert-OH is 3. The van der Waals surface area contributed by atoms with E-state index in [1.165, 1.54) is 211 Å². The van der Waals surface area contributed by atoms with Gasteiger partial charge in [-0.3, -0.25) is 0 Å². The minimum Gasteiger partial charge on any atom is -0.502 e. The fourth-order valence-corrected chi connectivity index (χ4v) is 8.27. The van der Waals surface area contributed by atoms with E-state index in [0.29, 0.717) is 19.3 Å². The van der Waals surface area contributed by atoms with Crippen molar-refractivity contribution in [1.82, 2.24) is 0 Å². The second-order valence-electron chi connectivity index (χ2n) is 19.1. The van der Waals surface area contributed by atoms with Crippen LogP contribution in [-0.2, 0) is 28.6 Å². The Balaban J connectivity index is 4.80. The number of aliphatic hydroxyl groups is 3. The molecule has 9 nitrogen and oxygen atoms in total. The molecule has 0 aliphatic carbocycles. The molecule has 0 bridgehead atoms. The first-order valence-electron chi connectivity index (χ1n) is 28.0. The molecule has 0 rings (SSSR count). The van der Waals surface area contributed by atoms with Gasteiger partial charge in [0.15, 0.2) is 23.4 Å². The van der Waals surface area contributed by atoms with Crippen molar-refractivity contribution in [3.63, 3.8) is 0 Å². The molecule has 0 aliphatic rings. The number of unbranched alkanes of at least 4 members (excludes halogenated alkanes) is 39. The Kier molecular flexibility index (Phi) is 47.7. The molecule has 0 fully saturated rings. The fraction of sp³-hybridized carbons (Fsp3) is 0.842. The second-order valence-corrected chi connectivity index (χ2v) is 19.1. The van der Waals surface area contributed by atoms with Gasteiger partial charge in [0.1, 0.15) is 13.2 Å². The molecule has 0 aromatic heterocycles. The summed E-state index contributed by atoms with van der Waals surface area (Å²) in [7, 11) is 0. The lowest BCUT2D eigenvalue weighted by Gasteiger charge is -2.18. The van der Waals surface area contributed by atoms with Gasteiger partial charge < -0.3 is 29.5 Å². The van der Waals surface area contributed by atoms with Crippen LogP contribution in [0.25, 0.3) is 0 Å².